The normalized spacial score (nSPS) is 13.5. The molecule has 2 N–H and O–H groups in total. The van der Waals surface area contributed by atoms with Gasteiger partial charge in [0.25, 0.3) is 0 Å². The summed E-state index contributed by atoms with van der Waals surface area (Å²) in [6.07, 6.45) is 0. The molecule has 0 aliphatic carbocycles. The molecule has 12 heavy (non-hydrogen) atoms. The van der Waals surface area contributed by atoms with Crippen molar-refractivity contribution >= 4 is 16.9 Å². The molecule has 0 aromatic rings. The van der Waals surface area contributed by atoms with E-state index in [2.05, 4.69) is 5.43 Å². The molecule has 0 spiro atoms. The maximum absolute atomic E-state index is 11.0. The molecule has 0 aromatic heterocycles. The van der Waals surface area contributed by atoms with Crippen molar-refractivity contribution in [2.75, 3.05) is 13.1 Å². The van der Waals surface area contributed by atoms with Gasteiger partial charge in [0.05, 0.1) is 6.54 Å². The average molecular weight is 215 g/mol. The fourth-order valence-corrected chi connectivity index (χ4v) is 2.60. The monoisotopic (exact) mass is 215 g/mol. The summed E-state index contributed by atoms with van der Waals surface area (Å²) >= 11 is 0. The zero-order chi connectivity index (χ0) is 9.78. The summed E-state index contributed by atoms with van der Waals surface area (Å²) in [5.74, 6) is 0. The van der Waals surface area contributed by atoms with Crippen molar-refractivity contribution in [1.29, 1.82) is 0 Å². The summed E-state index contributed by atoms with van der Waals surface area (Å²) in [5, 5.41) is 0. The van der Waals surface area contributed by atoms with Crippen LogP contribution in [0, 0.1) is 0 Å². The third-order valence-corrected chi connectivity index (χ3v) is 4.02. The van der Waals surface area contributed by atoms with Gasteiger partial charge in [-0.3, -0.25) is 0 Å². The second-order valence-electron chi connectivity index (χ2n) is 1.91. The van der Waals surface area contributed by atoms with Crippen molar-refractivity contribution in [1.82, 2.24) is 10.2 Å². The Morgan fingerprint density at radius 1 is 1.50 bits per heavy atom. The van der Waals surface area contributed by atoms with Gasteiger partial charge < -0.3 is 0 Å². The lowest BCUT2D eigenvalue weighted by molar-refractivity contribution is 0.349. The van der Waals surface area contributed by atoms with Crippen molar-refractivity contribution in [3.05, 3.63) is 0 Å². The molecule has 1 atom stereocenters. The molecule has 0 aliphatic rings. The first-order valence-electron chi connectivity index (χ1n) is 3.39. The van der Waals surface area contributed by atoms with E-state index in [9.17, 15) is 13.0 Å². The number of nitrogens with zero attached hydrogens (tertiary/aromatic N) is 1. The summed E-state index contributed by atoms with van der Waals surface area (Å²) in [6, 6.07) is 0. The lowest BCUT2D eigenvalue weighted by atomic mass is 10.8. The fourth-order valence-electron chi connectivity index (χ4n) is 0.592. The molecule has 0 radical (unpaired) electrons. The quantitative estimate of drug-likeness (QED) is 0.391. The molecule has 6 nitrogen and oxygen atoms in total. The Morgan fingerprint density at radius 3 is 2.25 bits per heavy atom. The van der Waals surface area contributed by atoms with Crippen molar-refractivity contribution in [2.24, 2.45) is 0 Å². The molecule has 0 amide bonds. The Hall–Kier alpha value is -0.0700. The molecule has 8 heteroatoms. The van der Waals surface area contributed by atoms with Crippen LogP contribution >= 0.6 is 7.15 Å². The van der Waals surface area contributed by atoms with Gasteiger partial charge in [0.15, 0.2) is 0 Å². The molecule has 0 bridgehead atoms. The van der Waals surface area contributed by atoms with E-state index in [0.29, 0.717) is 6.54 Å². The number of rotatable bonds is 5. The highest BCUT2D eigenvalue weighted by molar-refractivity contribution is 8.42. The molecular weight excluding hydrogens is 203 g/mol. The predicted molar refractivity (Wildman–Crippen MR) is 45.2 cm³/mol. The SMILES string of the molecule is CCNN(CC)[P+](=O)S(=O)(=O)O. The predicted octanol–water partition coefficient (Wildman–Crippen LogP) is 0.378. The third-order valence-electron chi connectivity index (χ3n) is 1.03. The Labute approximate surface area is 72.3 Å². The highest BCUT2D eigenvalue weighted by Gasteiger charge is 2.41. The van der Waals surface area contributed by atoms with Gasteiger partial charge in [-0.25, -0.2) is 9.98 Å². The minimum absolute atomic E-state index is 0.239. The fraction of sp³-hybridized carbons (Fsp3) is 1.00. The summed E-state index contributed by atoms with van der Waals surface area (Å²) in [7, 11) is -7.25. The largest absolute Gasteiger partial charge is 0.610 e. The molecule has 1 unspecified atom stereocenters. The second kappa shape index (κ2) is 4.84. The van der Waals surface area contributed by atoms with Gasteiger partial charge in [0, 0.05) is 6.54 Å². The molecule has 0 saturated carbocycles. The van der Waals surface area contributed by atoms with Gasteiger partial charge in [-0.05, 0) is 16.3 Å². The molecule has 0 rings (SSSR count). The van der Waals surface area contributed by atoms with Gasteiger partial charge in [-0.2, -0.15) is 8.42 Å². The summed E-state index contributed by atoms with van der Waals surface area (Å²) in [5.41, 5.74) is 2.55. The highest BCUT2D eigenvalue weighted by Crippen LogP contribution is 2.30. The van der Waals surface area contributed by atoms with Crippen molar-refractivity contribution in [3.63, 3.8) is 0 Å². The lowest BCUT2D eigenvalue weighted by Gasteiger charge is -2.05. The van der Waals surface area contributed by atoms with E-state index < -0.39 is 16.9 Å². The van der Waals surface area contributed by atoms with Crippen molar-refractivity contribution in [3.8, 4) is 0 Å². The minimum atomic E-state index is -4.46. The molecule has 0 saturated heterocycles. The van der Waals surface area contributed by atoms with Crippen LogP contribution in [0.2, 0.25) is 0 Å². The number of nitrogens with one attached hydrogen (secondary N) is 1. The van der Waals surface area contributed by atoms with Crippen LogP contribution in [0.15, 0.2) is 0 Å². The van der Waals surface area contributed by atoms with Gasteiger partial charge in [0.2, 0.25) is 0 Å². The molecule has 0 aliphatic heterocycles. The second-order valence-corrected chi connectivity index (χ2v) is 6.09. The minimum Gasteiger partial charge on any atom is -0.247 e. The molecule has 72 valence electrons. The lowest BCUT2D eigenvalue weighted by Crippen LogP contribution is -2.32. The van der Waals surface area contributed by atoms with E-state index in [0.717, 1.165) is 4.78 Å². The topological polar surface area (TPSA) is 86.7 Å². The molecule has 0 heterocycles. The Morgan fingerprint density at radius 2 is 2.00 bits per heavy atom. The maximum Gasteiger partial charge on any atom is 0.610 e. The van der Waals surface area contributed by atoms with Crippen LogP contribution in [0.25, 0.3) is 0 Å². The van der Waals surface area contributed by atoms with E-state index in [-0.39, 0.29) is 6.54 Å². The van der Waals surface area contributed by atoms with Gasteiger partial charge >= 0.3 is 16.9 Å². The number of hydrogen-bond donors (Lipinski definition) is 2. The van der Waals surface area contributed by atoms with Gasteiger partial charge in [0.1, 0.15) is 0 Å². The number of hydrazine groups is 1. The van der Waals surface area contributed by atoms with Crippen LogP contribution < -0.4 is 5.43 Å². The van der Waals surface area contributed by atoms with Crippen molar-refractivity contribution in [2.45, 2.75) is 13.8 Å². The van der Waals surface area contributed by atoms with Crippen LogP contribution in [-0.4, -0.2) is 30.8 Å². The van der Waals surface area contributed by atoms with Gasteiger partial charge in [-0.1, -0.05) is 6.92 Å². The van der Waals surface area contributed by atoms with Crippen LogP contribution in [-0.2, 0) is 14.3 Å². The van der Waals surface area contributed by atoms with Gasteiger partial charge in [-0.15, -0.1) is 0 Å². The van der Waals surface area contributed by atoms with E-state index >= 15 is 0 Å². The first kappa shape index (κ1) is 11.9. The van der Waals surface area contributed by atoms with Crippen LogP contribution in [0.3, 0.4) is 0 Å². The average Bonchev–Trinajstić information content (AvgIpc) is 1.97. The third kappa shape index (κ3) is 3.55. The molecule has 0 aromatic carbocycles. The smallest absolute Gasteiger partial charge is 0.247 e. The standard InChI is InChI=1S/C4H11N2O4PS/c1-3-5-6(4-2)11(7)12(8,9)10/h5H,3-4H2,1-2H3/p+1. The van der Waals surface area contributed by atoms with Crippen molar-refractivity contribution < 1.29 is 17.5 Å². The molecule has 0 fully saturated rings. The highest BCUT2D eigenvalue weighted by atomic mass is 32.8. The van der Waals surface area contributed by atoms with E-state index in [1.165, 1.54) is 0 Å². The molecular formula is C4H12N2O4PS+. The Kier molecular flexibility index (Phi) is 4.81. The van der Waals surface area contributed by atoms with E-state index in [1.807, 2.05) is 0 Å². The Balaban J connectivity index is 4.43. The Bertz CT molecular complexity index is 252. The number of hydrogen-bond acceptors (Lipinski definition) is 4. The summed E-state index contributed by atoms with van der Waals surface area (Å²) in [6.45, 7) is 4.05. The van der Waals surface area contributed by atoms with Crippen LogP contribution in [0.1, 0.15) is 13.8 Å². The summed E-state index contributed by atoms with van der Waals surface area (Å²) in [4.78, 5) is 0. The zero-order valence-electron chi connectivity index (χ0n) is 6.89. The maximum atomic E-state index is 11.0. The summed E-state index contributed by atoms with van der Waals surface area (Å²) < 4.78 is 41.2. The first-order valence-corrected chi connectivity index (χ1v) is 6.65. The van der Waals surface area contributed by atoms with E-state index in [4.69, 9.17) is 4.55 Å². The van der Waals surface area contributed by atoms with E-state index in [1.54, 1.807) is 13.8 Å². The van der Waals surface area contributed by atoms with Crippen LogP contribution in [0.5, 0.6) is 0 Å². The zero-order valence-corrected chi connectivity index (χ0v) is 8.60. The first-order chi connectivity index (χ1) is 5.43. The van der Waals surface area contributed by atoms with Crippen LogP contribution in [0.4, 0.5) is 0 Å².